The first kappa shape index (κ1) is 16.9. The molecule has 1 aromatic rings. The topological polar surface area (TPSA) is 95.1 Å². The molecule has 2 atom stereocenters. The highest BCUT2D eigenvalue weighted by atomic mass is 19.1. The zero-order valence-corrected chi connectivity index (χ0v) is 11.0. The van der Waals surface area contributed by atoms with Crippen LogP contribution in [0.3, 0.4) is 0 Å². The molecule has 0 aromatic carbocycles. The van der Waals surface area contributed by atoms with Gasteiger partial charge in [-0.05, 0) is 5.92 Å². The highest BCUT2D eigenvalue weighted by molar-refractivity contribution is 5.20. The Morgan fingerprint density at radius 1 is 1.58 bits per heavy atom. The lowest BCUT2D eigenvalue weighted by atomic mass is 9.87. The van der Waals surface area contributed by atoms with E-state index in [0.717, 1.165) is 11.1 Å². The van der Waals surface area contributed by atoms with Gasteiger partial charge in [-0.1, -0.05) is 20.3 Å². The molecule has 0 saturated heterocycles. The number of aryl methyl sites for hydroxylation is 1. The highest BCUT2D eigenvalue weighted by Gasteiger charge is 2.28. The summed E-state index contributed by atoms with van der Waals surface area (Å²) in [5, 5.41) is 14.4. The molecule has 19 heavy (non-hydrogen) atoms. The van der Waals surface area contributed by atoms with Gasteiger partial charge in [-0.15, -0.1) is 0 Å². The van der Waals surface area contributed by atoms with E-state index in [0.29, 0.717) is 5.56 Å². The summed E-state index contributed by atoms with van der Waals surface area (Å²) in [6, 6.07) is 0. The summed E-state index contributed by atoms with van der Waals surface area (Å²) in [6.07, 6.45) is 2.41. The van der Waals surface area contributed by atoms with Gasteiger partial charge in [0.2, 0.25) is 12.5 Å². The van der Waals surface area contributed by atoms with E-state index in [1.165, 1.54) is 13.2 Å². The molecule has 0 fully saturated rings. The molecule has 8 heteroatoms. The number of aromatic nitrogens is 2. The van der Waals surface area contributed by atoms with Crippen LogP contribution in [-0.2, 0) is 16.6 Å². The minimum Gasteiger partial charge on any atom is -0.265 e. The van der Waals surface area contributed by atoms with Gasteiger partial charge in [0.05, 0.1) is 12.1 Å². The Labute approximate surface area is 109 Å². The predicted molar refractivity (Wildman–Crippen MR) is 62.2 cm³/mol. The molecule has 0 amide bonds. The van der Waals surface area contributed by atoms with Crippen molar-refractivity contribution in [1.82, 2.24) is 9.78 Å². The number of hydrogen-bond donors (Lipinski definition) is 0. The lowest BCUT2D eigenvalue weighted by Crippen LogP contribution is -2.20. The lowest BCUT2D eigenvalue weighted by Gasteiger charge is -2.17. The molecule has 0 aliphatic heterocycles. The zero-order valence-electron chi connectivity index (χ0n) is 11.0. The minimum atomic E-state index is -0.479. The molecular formula is C11H16FN3O4. The van der Waals surface area contributed by atoms with E-state index < -0.39 is 16.8 Å². The van der Waals surface area contributed by atoms with Crippen LogP contribution in [0.25, 0.3) is 0 Å². The van der Waals surface area contributed by atoms with E-state index in [1.54, 1.807) is 0 Å². The summed E-state index contributed by atoms with van der Waals surface area (Å²) >= 11 is 0. The Bertz CT molecular complexity index is 455. The molecule has 0 spiro atoms. The van der Waals surface area contributed by atoms with Crippen molar-refractivity contribution in [3.05, 3.63) is 27.8 Å². The van der Waals surface area contributed by atoms with Crippen molar-refractivity contribution in [3.63, 3.8) is 0 Å². The second kappa shape index (κ2) is 8.10. The molecule has 0 N–H and O–H groups in total. The standard InChI is InChI=1S/C10H16FN3O2.CO2/c1-4-7(2)9(6-14(15)16)8-5-12-13(3)10(8)11;2-1-3/h5,7,9H,4,6H2,1-3H3;/t7?,9-;/m0./s1. The van der Waals surface area contributed by atoms with Crippen LogP contribution in [0, 0.1) is 22.0 Å². The average molecular weight is 273 g/mol. The lowest BCUT2D eigenvalue weighted by molar-refractivity contribution is -0.484. The fourth-order valence-corrected chi connectivity index (χ4v) is 1.72. The van der Waals surface area contributed by atoms with E-state index in [2.05, 4.69) is 5.10 Å². The third-order valence-electron chi connectivity index (χ3n) is 2.97. The van der Waals surface area contributed by atoms with E-state index in [4.69, 9.17) is 9.59 Å². The molecule has 1 aromatic heterocycles. The van der Waals surface area contributed by atoms with E-state index in [9.17, 15) is 14.5 Å². The van der Waals surface area contributed by atoms with Gasteiger partial charge in [-0.3, -0.25) is 10.1 Å². The smallest absolute Gasteiger partial charge is 0.265 e. The molecule has 0 aliphatic rings. The quantitative estimate of drug-likeness (QED) is 0.596. The number of nitro groups is 1. The number of rotatable bonds is 5. The van der Waals surface area contributed by atoms with E-state index in [-0.39, 0.29) is 18.6 Å². The number of hydrogen-bond acceptors (Lipinski definition) is 5. The van der Waals surface area contributed by atoms with Crippen molar-refractivity contribution >= 4 is 6.15 Å². The van der Waals surface area contributed by atoms with Crippen LogP contribution in [0.5, 0.6) is 0 Å². The molecule has 1 heterocycles. The Hall–Kier alpha value is -2.08. The van der Waals surface area contributed by atoms with Crippen molar-refractivity contribution in [3.8, 4) is 0 Å². The van der Waals surface area contributed by atoms with Crippen molar-refractivity contribution in [2.75, 3.05) is 6.54 Å². The third-order valence-corrected chi connectivity index (χ3v) is 2.97. The van der Waals surface area contributed by atoms with Gasteiger partial charge in [0.15, 0.2) is 0 Å². The van der Waals surface area contributed by atoms with Crippen molar-refractivity contribution in [1.29, 1.82) is 0 Å². The molecule has 106 valence electrons. The molecule has 7 nitrogen and oxygen atoms in total. The molecule has 0 saturated carbocycles. The zero-order chi connectivity index (χ0) is 15.0. The van der Waals surface area contributed by atoms with Crippen LogP contribution in [0.2, 0.25) is 0 Å². The van der Waals surface area contributed by atoms with Crippen molar-refractivity contribution in [2.24, 2.45) is 13.0 Å². The molecule has 1 rings (SSSR count). The molecule has 0 bridgehead atoms. The van der Waals surface area contributed by atoms with Crippen molar-refractivity contribution in [2.45, 2.75) is 26.2 Å². The SMILES string of the molecule is CCC(C)[C@H](C[N+](=O)[O-])c1cnn(C)c1F.O=C=O. The van der Waals surface area contributed by atoms with Crippen LogP contribution in [0.4, 0.5) is 4.39 Å². The molecule has 0 aliphatic carbocycles. The summed E-state index contributed by atoms with van der Waals surface area (Å²) in [5.74, 6) is -0.829. The monoisotopic (exact) mass is 273 g/mol. The molecule has 1 unspecified atom stereocenters. The fraction of sp³-hybridized carbons (Fsp3) is 0.636. The maximum atomic E-state index is 13.6. The maximum absolute atomic E-state index is 13.6. The second-order valence-corrected chi connectivity index (χ2v) is 4.10. The first-order chi connectivity index (χ1) is 8.88. The first-order valence-corrected chi connectivity index (χ1v) is 5.67. The third kappa shape index (κ3) is 4.97. The van der Waals surface area contributed by atoms with E-state index >= 15 is 0 Å². The normalized spacial score (nSPS) is 12.8. The number of nitrogens with zero attached hydrogens (tertiary/aromatic N) is 3. The fourth-order valence-electron chi connectivity index (χ4n) is 1.72. The summed E-state index contributed by atoms with van der Waals surface area (Å²) in [5.41, 5.74) is 0.341. The Morgan fingerprint density at radius 3 is 2.42 bits per heavy atom. The van der Waals surface area contributed by atoms with Crippen LogP contribution in [0.1, 0.15) is 31.7 Å². The molecular weight excluding hydrogens is 257 g/mol. The summed E-state index contributed by atoms with van der Waals surface area (Å²) in [7, 11) is 1.48. The number of halogens is 1. The van der Waals surface area contributed by atoms with Gasteiger partial charge >= 0.3 is 6.15 Å². The largest absolute Gasteiger partial charge is 0.373 e. The van der Waals surface area contributed by atoms with Crippen LogP contribution < -0.4 is 0 Å². The Morgan fingerprint density at radius 2 is 2.11 bits per heavy atom. The average Bonchev–Trinajstić information content (AvgIpc) is 2.67. The van der Waals surface area contributed by atoms with Crippen molar-refractivity contribution < 1.29 is 18.9 Å². The number of carbonyl (C=O) groups excluding carboxylic acids is 2. The van der Waals surface area contributed by atoms with Gasteiger partial charge in [-0.2, -0.15) is 19.1 Å². The second-order valence-electron chi connectivity index (χ2n) is 4.10. The summed E-state index contributed by atoms with van der Waals surface area (Å²) in [6.45, 7) is 3.57. The Balaban J connectivity index is 0.000000982. The van der Waals surface area contributed by atoms with Gasteiger partial charge < -0.3 is 0 Å². The van der Waals surface area contributed by atoms with Gasteiger partial charge in [-0.25, -0.2) is 4.68 Å². The van der Waals surface area contributed by atoms with E-state index in [1.807, 2.05) is 13.8 Å². The summed E-state index contributed by atoms with van der Waals surface area (Å²) in [4.78, 5) is 26.4. The van der Waals surface area contributed by atoms with Crippen LogP contribution in [-0.4, -0.2) is 27.4 Å². The highest BCUT2D eigenvalue weighted by Crippen LogP contribution is 2.28. The van der Waals surface area contributed by atoms with Gasteiger partial charge in [0.1, 0.15) is 0 Å². The molecule has 0 radical (unpaired) electrons. The Kier molecular flexibility index (Phi) is 7.21. The van der Waals surface area contributed by atoms with Gasteiger partial charge in [0, 0.05) is 17.5 Å². The predicted octanol–water partition coefficient (Wildman–Crippen LogP) is 1.38. The van der Waals surface area contributed by atoms with Crippen LogP contribution >= 0.6 is 0 Å². The first-order valence-electron chi connectivity index (χ1n) is 5.67. The minimum absolute atomic E-state index is 0.0594. The summed E-state index contributed by atoms with van der Waals surface area (Å²) < 4.78 is 14.7. The maximum Gasteiger partial charge on any atom is 0.373 e. The van der Waals surface area contributed by atoms with Gasteiger partial charge in [0.25, 0.3) is 0 Å². The van der Waals surface area contributed by atoms with Crippen LogP contribution in [0.15, 0.2) is 6.20 Å².